The van der Waals surface area contributed by atoms with E-state index in [0.29, 0.717) is 29.6 Å². The highest BCUT2D eigenvalue weighted by molar-refractivity contribution is 5.55. The van der Waals surface area contributed by atoms with Gasteiger partial charge < -0.3 is 24.1 Å². The van der Waals surface area contributed by atoms with E-state index in [1.165, 1.54) is 0 Å². The Balaban J connectivity index is 2.68. The van der Waals surface area contributed by atoms with Crippen molar-refractivity contribution in [1.29, 1.82) is 0 Å². The van der Waals surface area contributed by atoms with Crippen LogP contribution in [0.25, 0.3) is 0 Å². The lowest BCUT2D eigenvalue weighted by Gasteiger charge is -2.14. The Labute approximate surface area is 114 Å². The lowest BCUT2D eigenvalue weighted by Crippen LogP contribution is -2.00. The van der Waals surface area contributed by atoms with Crippen molar-refractivity contribution < 1.29 is 24.1 Å². The van der Waals surface area contributed by atoms with Crippen molar-refractivity contribution in [2.75, 3.05) is 34.5 Å². The molecular formula is C14H22O5. The summed E-state index contributed by atoms with van der Waals surface area (Å²) in [6.45, 7) is 0.822. The highest BCUT2D eigenvalue weighted by Gasteiger charge is 2.13. The fourth-order valence-corrected chi connectivity index (χ4v) is 1.72. The quantitative estimate of drug-likeness (QED) is 0.697. The Morgan fingerprint density at radius 3 is 2.00 bits per heavy atom. The summed E-state index contributed by atoms with van der Waals surface area (Å²) in [4.78, 5) is 0. The first-order valence-corrected chi connectivity index (χ1v) is 6.30. The third kappa shape index (κ3) is 4.52. The second-order valence-corrected chi connectivity index (χ2v) is 3.99. The van der Waals surface area contributed by atoms with Gasteiger partial charge in [0, 0.05) is 18.7 Å². The molecule has 0 aliphatic carbocycles. The molecule has 108 valence electrons. The van der Waals surface area contributed by atoms with Gasteiger partial charge in [-0.25, -0.2) is 0 Å². The third-order valence-corrected chi connectivity index (χ3v) is 2.71. The van der Waals surface area contributed by atoms with E-state index < -0.39 is 0 Å². The minimum absolute atomic E-state index is 0.226. The standard InChI is InChI=1S/C14H22O5/c1-16-12-9-11(19-8-6-4-5-7-15)10-13(17-2)14(12)18-3/h9-10,15H,4-8H2,1-3H3. The fraction of sp³-hybridized carbons (Fsp3) is 0.571. The van der Waals surface area contributed by atoms with Gasteiger partial charge in [-0.2, -0.15) is 0 Å². The van der Waals surface area contributed by atoms with E-state index >= 15 is 0 Å². The lowest BCUT2D eigenvalue weighted by atomic mass is 10.2. The van der Waals surface area contributed by atoms with Crippen molar-refractivity contribution in [3.8, 4) is 23.0 Å². The molecule has 1 aromatic rings. The van der Waals surface area contributed by atoms with Gasteiger partial charge in [-0.05, 0) is 19.3 Å². The van der Waals surface area contributed by atoms with E-state index in [-0.39, 0.29) is 6.61 Å². The number of aliphatic hydroxyl groups excluding tert-OH is 1. The average molecular weight is 270 g/mol. The Morgan fingerprint density at radius 2 is 1.53 bits per heavy atom. The summed E-state index contributed by atoms with van der Waals surface area (Å²) >= 11 is 0. The van der Waals surface area contributed by atoms with E-state index in [9.17, 15) is 0 Å². The van der Waals surface area contributed by atoms with Crippen LogP contribution >= 0.6 is 0 Å². The molecule has 0 saturated carbocycles. The van der Waals surface area contributed by atoms with Crippen LogP contribution in [0.15, 0.2) is 12.1 Å². The minimum atomic E-state index is 0.226. The molecule has 0 atom stereocenters. The maximum atomic E-state index is 8.69. The highest BCUT2D eigenvalue weighted by Crippen LogP contribution is 2.40. The van der Waals surface area contributed by atoms with Gasteiger partial charge in [0.2, 0.25) is 5.75 Å². The summed E-state index contributed by atoms with van der Waals surface area (Å²) in [7, 11) is 4.71. The summed E-state index contributed by atoms with van der Waals surface area (Å²) in [5.74, 6) is 2.38. The van der Waals surface area contributed by atoms with Gasteiger partial charge in [0.25, 0.3) is 0 Å². The lowest BCUT2D eigenvalue weighted by molar-refractivity contribution is 0.264. The Kier molecular flexibility index (Phi) is 6.89. The molecule has 0 aliphatic heterocycles. The Hall–Kier alpha value is -1.62. The zero-order chi connectivity index (χ0) is 14.1. The van der Waals surface area contributed by atoms with Crippen LogP contribution in [0.4, 0.5) is 0 Å². The minimum Gasteiger partial charge on any atom is -0.493 e. The zero-order valence-corrected chi connectivity index (χ0v) is 11.8. The molecule has 1 rings (SSSR count). The van der Waals surface area contributed by atoms with Crippen LogP contribution in [0.5, 0.6) is 23.0 Å². The summed E-state index contributed by atoms with van der Waals surface area (Å²) in [5.41, 5.74) is 0. The molecule has 5 nitrogen and oxygen atoms in total. The first-order valence-electron chi connectivity index (χ1n) is 6.30. The molecule has 0 heterocycles. The predicted octanol–water partition coefficient (Wildman–Crippen LogP) is 2.25. The molecule has 0 fully saturated rings. The van der Waals surface area contributed by atoms with E-state index in [0.717, 1.165) is 19.3 Å². The molecule has 0 amide bonds. The van der Waals surface area contributed by atoms with Crippen molar-refractivity contribution in [1.82, 2.24) is 0 Å². The predicted molar refractivity (Wildman–Crippen MR) is 72.5 cm³/mol. The summed E-state index contributed by atoms with van der Waals surface area (Å²) < 4.78 is 21.4. The summed E-state index contributed by atoms with van der Waals surface area (Å²) in [5, 5.41) is 8.69. The second kappa shape index (κ2) is 8.48. The molecular weight excluding hydrogens is 248 g/mol. The number of aliphatic hydroxyl groups is 1. The number of methoxy groups -OCH3 is 3. The van der Waals surface area contributed by atoms with Gasteiger partial charge in [0.05, 0.1) is 27.9 Å². The topological polar surface area (TPSA) is 57.2 Å². The number of benzene rings is 1. The van der Waals surface area contributed by atoms with Crippen molar-refractivity contribution in [3.05, 3.63) is 12.1 Å². The summed E-state index contributed by atoms with van der Waals surface area (Å²) in [6.07, 6.45) is 2.65. The normalized spacial score (nSPS) is 10.1. The van der Waals surface area contributed by atoms with Crippen molar-refractivity contribution >= 4 is 0 Å². The number of hydrogen-bond acceptors (Lipinski definition) is 5. The van der Waals surface area contributed by atoms with Gasteiger partial charge >= 0.3 is 0 Å². The smallest absolute Gasteiger partial charge is 0.203 e. The van der Waals surface area contributed by atoms with Gasteiger partial charge in [-0.15, -0.1) is 0 Å². The van der Waals surface area contributed by atoms with E-state index in [1.54, 1.807) is 33.5 Å². The molecule has 0 spiro atoms. The monoisotopic (exact) mass is 270 g/mol. The molecule has 0 bridgehead atoms. The van der Waals surface area contributed by atoms with E-state index in [1.807, 2.05) is 0 Å². The van der Waals surface area contributed by atoms with Crippen LogP contribution in [0.2, 0.25) is 0 Å². The van der Waals surface area contributed by atoms with E-state index in [2.05, 4.69) is 0 Å². The Morgan fingerprint density at radius 1 is 0.895 bits per heavy atom. The number of hydrogen-bond donors (Lipinski definition) is 1. The largest absolute Gasteiger partial charge is 0.493 e. The van der Waals surface area contributed by atoms with Crippen LogP contribution in [-0.4, -0.2) is 39.6 Å². The molecule has 0 aliphatic rings. The van der Waals surface area contributed by atoms with Crippen LogP contribution in [0.1, 0.15) is 19.3 Å². The van der Waals surface area contributed by atoms with Gasteiger partial charge in [0.15, 0.2) is 11.5 Å². The van der Waals surface area contributed by atoms with Crippen LogP contribution in [0, 0.1) is 0 Å². The van der Waals surface area contributed by atoms with Crippen molar-refractivity contribution in [2.24, 2.45) is 0 Å². The second-order valence-electron chi connectivity index (χ2n) is 3.99. The van der Waals surface area contributed by atoms with Gasteiger partial charge in [-0.3, -0.25) is 0 Å². The molecule has 0 aromatic heterocycles. The molecule has 1 aromatic carbocycles. The van der Waals surface area contributed by atoms with E-state index in [4.69, 9.17) is 24.1 Å². The Bertz CT molecular complexity index is 353. The van der Waals surface area contributed by atoms with Gasteiger partial charge in [0.1, 0.15) is 5.75 Å². The van der Waals surface area contributed by atoms with Gasteiger partial charge in [-0.1, -0.05) is 0 Å². The number of ether oxygens (including phenoxy) is 4. The number of unbranched alkanes of at least 4 members (excludes halogenated alkanes) is 2. The molecule has 0 saturated heterocycles. The highest BCUT2D eigenvalue weighted by atomic mass is 16.5. The molecule has 0 unspecified atom stereocenters. The van der Waals surface area contributed by atoms with Crippen LogP contribution in [-0.2, 0) is 0 Å². The average Bonchev–Trinajstić information content (AvgIpc) is 2.45. The maximum absolute atomic E-state index is 8.69. The number of rotatable bonds is 9. The van der Waals surface area contributed by atoms with Crippen molar-refractivity contribution in [3.63, 3.8) is 0 Å². The summed E-state index contributed by atoms with van der Waals surface area (Å²) in [6, 6.07) is 3.54. The molecule has 0 radical (unpaired) electrons. The SMILES string of the molecule is COc1cc(OCCCCCO)cc(OC)c1OC. The molecule has 19 heavy (non-hydrogen) atoms. The van der Waals surface area contributed by atoms with Crippen LogP contribution in [0.3, 0.4) is 0 Å². The third-order valence-electron chi connectivity index (χ3n) is 2.71. The molecule has 5 heteroatoms. The molecule has 1 N–H and O–H groups in total. The zero-order valence-electron chi connectivity index (χ0n) is 11.8. The first-order chi connectivity index (χ1) is 9.26. The first kappa shape index (κ1) is 15.4. The van der Waals surface area contributed by atoms with Crippen molar-refractivity contribution in [2.45, 2.75) is 19.3 Å². The fourth-order valence-electron chi connectivity index (χ4n) is 1.72. The maximum Gasteiger partial charge on any atom is 0.203 e. The van der Waals surface area contributed by atoms with Crippen LogP contribution < -0.4 is 18.9 Å².